The van der Waals surface area contributed by atoms with E-state index in [1.54, 1.807) is 11.3 Å². The smallest absolute Gasteiger partial charge is 0.0944 e. The van der Waals surface area contributed by atoms with E-state index in [1.807, 2.05) is 0 Å². The first kappa shape index (κ1) is 18.6. The zero-order valence-corrected chi connectivity index (χ0v) is 15.6. The molecule has 4 heteroatoms. The van der Waals surface area contributed by atoms with Crippen molar-refractivity contribution < 1.29 is 4.74 Å². The third-order valence-electron chi connectivity index (χ3n) is 3.14. The molecular weight excluding hydrogens is 280 g/mol. The van der Waals surface area contributed by atoms with Crippen LogP contribution in [-0.2, 0) is 16.6 Å². The van der Waals surface area contributed by atoms with Crippen molar-refractivity contribution in [2.45, 2.75) is 78.4 Å². The van der Waals surface area contributed by atoms with E-state index in [9.17, 15) is 0 Å². The second-order valence-electron chi connectivity index (χ2n) is 7.66. The summed E-state index contributed by atoms with van der Waals surface area (Å²) in [5.74, 6) is 0. The molecule has 21 heavy (non-hydrogen) atoms. The molecule has 0 aliphatic rings. The van der Waals surface area contributed by atoms with Crippen LogP contribution in [0.3, 0.4) is 0 Å². The average molecular weight is 313 g/mol. The van der Waals surface area contributed by atoms with Crippen LogP contribution in [0.1, 0.15) is 65.6 Å². The molecule has 0 fully saturated rings. The van der Waals surface area contributed by atoms with Gasteiger partial charge in [-0.25, -0.2) is 4.98 Å². The van der Waals surface area contributed by atoms with Crippen LogP contribution in [-0.4, -0.2) is 29.8 Å². The van der Waals surface area contributed by atoms with Gasteiger partial charge in [-0.1, -0.05) is 27.7 Å². The van der Waals surface area contributed by atoms with Crippen LogP contribution < -0.4 is 5.32 Å². The number of nitrogens with one attached hydrogen (secondary N) is 1. The SMILES string of the molecule is CCCNC(COC(C)(C)C)Cc1nc(C(C)(C)C)cs1. The molecule has 0 bridgehead atoms. The largest absolute Gasteiger partial charge is 0.374 e. The first-order valence-corrected chi connectivity index (χ1v) is 8.82. The number of ether oxygens (including phenoxy) is 1. The first-order valence-electron chi connectivity index (χ1n) is 7.94. The van der Waals surface area contributed by atoms with Crippen LogP contribution in [0.5, 0.6) is 0 Å². The number of thiazole rings is 1. The number of nitrogens with zero attached hydrogens (tertiary/aromatic N) is 1. The summed E-state index contributed by atoms with van der Waals surface area (Å²) in [6.45, 7) is 16.9. The van der Waals surface area contributed by atoms with Crippen molar-refractivity contribution in [2.75, 3.05) is 13.2 Å². The molecule has 1 N–H and O–H groups in total. The Labute approximate surface area is 134 Å². The van der Waals surface area contributed by atoms with Gasteiger partial charge in [-0.2, -0.15) is 0 Å². The number of aromatic nitrogens is 1. The molecule has 1 aromatic rings. The van der Waals surface area contributed by atoms with Crippen molar-refractivity contribution in [2.24, 2.45) is 0 Å². The lowest BCUT2D eigenvalue weighted by Crippen LogP contribution is -2.38. The van der Waals surface area contributed by atoms with E-state index in [0.29, 0.717) is 6.04 Å². The molecule has 122 valence electrons. The summed E-state index contributed by atoms with van der Waals surface area (Å²) in [5.41, 5.74) is 1.22. The van der Waals surface area contributed by atoms with Crippen molar-refractivity contribution in [3.05, 3.63) is 16.1 Å². The quantitative estimate of drug-likeness (QED) is 0.820. The van der Waals surface area contributed by atoms with Gasteiger partial charge < -0.3 is 10.1 Å². The highest BCUT2D eigenvalue weighted by atomic mass is 32.1. The van der Waals surface area contributed by atoms with Crippen molar-refractivity contribution >= 4 is 11.3 Å². The van der Waals surface area contributed by atoms with Gasteiger partial charge in [0.25, 0.3) is 0 Å². The maximum Gasteiger partial charge on any atom is 0.0944 e. The Morgan fingerprint density at radius 3 is 2.38 bits per heavy atom. The standard InChI is InChI=1S/C17H32N2OS/c1-8-9-18-13(11-20-17(5,6)7)10-15-19-14(12-21-15)16(2,3)4/h12-13,18H,8-11H2,1-7H3. The van der Waals surface area contributed by atoms with Gasteiger partial charge in [-0.15, -0.1) is 11.3 Å². The van der Waals surface area contributed by atoms with E-state index < -0.39 is 0 Å². The van der Waals surface area contributed by atoms with E-state index in [4.69, 9.17) is 9.72 Å². The van der Waals surface area contributed by atoms with Gasteiger partial charge >= 0.3 is 0 Å². The molecule has 0 amide bonds. The third-order valence-corrected chi connectivity index (χ3v) is 4.01. The minimum Gasteiger partial charge on any atom is -0.374 e. The van der Waals surface area contributed by atoms with Crippen LogP contribution in [0, 0.1) is 0 Å². The zero-order valence-electron chi connectivity index (χ0n) is 14.7. The molecule has 0 spiro atoms. The number of rotatable bonds is 7. The van der Waals surface area contributed by atoms with Gasteiger partial charge in [0, 0.05) is 23.3 Å². The maximum absolute atomic E-state index is 5.95. The van der Waals surface area contributed by atoms with E-state index in [2.05, 4.69) is 59.2 Å². The van der Waals surface area contributed by atoms with Crippen molar-refractivity contribution in [3.8, 4) is 0 Å². The number of hydrogen-bond donors (Lipinski definition) is 1. The summed E-state index contributed by atoms with van der Waals surface area (Å²) in [7, 11) is 0. The highest BCUT2D eigenvalue weighted by Crippen LogP contribution is 2.24. The van der Waals surface area contributed by atoms with Crippen LogP contribution in [0.25, 0.3) is 0 Å². The Hall–Kier alpha value is -0.450. The van der Waals surface area contributed by atoms with Gasteiger partial charge in [0.15, 0.2) is 0 Å². The van der Waals surface area contributed by atoms with Crippen LogP contribution in [0.15, 0.2) is 5.38 Å². The van der Waals surface area contributed by atoms with E-state index in [0.717, 1.165) is 26.0 Å². The Kier molecular flexibility index (Phi) is 6.82. The molecule has 0 aromatic carbocycles. The van der Waals surface area contributed by atoms with Crippen LogP contribution in [0.2, 0.25) is 0 Å². The lowest BCUT2D eigenvalue weighted by atomic mass is 9.93. The molecule has 1 atom stereocenters. The summed E-state index contributed by atoms with van der Waals surface area (Å²) in [4.78, 5) is 4.80. The Morgan fingerprint density at radius 1 is 1.24 bits per heavy atom. The third kappa shape index (κ3) is 7.39. The molecule has 1 aromatic heterocycles. The van der Waals surface area contributed by atoms with Crippen molar-refractivity contribution in [1.29, 1.82) is 0 Å². The average Bonchev–Trinajstić information content (AvgIpc) is 2.80. The minimum absolute atomic E-state index is 0.0917. The minimum atomic E-state index is -0.0917. The summed E-state index contributed by atoms with van der Waals surface area (Å²) in [6, 6.07) is 0.336. The molecule has 0 aliphatic carbocycles. The molecule has 1 rings (SSSR count). The highest BCUT2D eigenvalue weighted by molar-refractivity contribution is 7.09. The Balaban J connectivity index is 2.65. The lowest BCUT2D eigenvalue weighted by Gasteiger charge is -2.25. The fraction of sp³-hybridized carbons (Fsp3) is 0.824. The van der Waals surface area contributed by atoms with Gasteiger partial charge in [0.05, 0.1) is 22.9 Å². The van der Waals surface area contributed by atoms with Crippen molar-refractivity contribution in [3.63, 3.8) is 0 Å². The van der Waals surface area contributed by atoms with Gasteiger partial charge in [-0.3, -0.25) is 0 Å². The molecular formula is C17H32N2OS. The monoisotopic (exact) mass is 312 g/mol. The van der Waals surface area contributed by atoms with E-state index in [-0.39, 0.29) is 11.0 Å². The van der Waals surface area contributed by atoms with Gasteiger partial charge in [0.2, 0.25) is 0 Å². The molecule has 1 heterocycles. The van der Waals surface area contributed by atoms with E-state index >= 15 is 0 Å². The fourth-order valence-corrected chi connectivity index (χ4v) is 2.95. The molecule has 0 radical (unpaired) electrons. The van der Waals surface area contributed by atoms with Crippen LogP contribution in [0.4, 0.5) is 0 Å². The van der Waals surface area contributed by atoms with Crippen LogP contribution >= 0.6 is 11.3 Å². The Bertz CT molecular complexity index is 415. The van der Waals surface area contributed by atoms with Gasteiger partial charge in [0.1, 0.15) is 0 Å². The lowest BCUT2D eigenvalue weighted by molar-refractivity contribution is -0.0143. The predicted molar refractivity (Wildman–Crippen MR) is 92.3 cm³/mol. The second-order valence-corrected chi connectivity index (χ2v) is 8.60. The summed E-state index contributed by atoms with van der Waals surface area (Å²) in [5, 5.41) is 6.97. The Morgan fingerprint density at radius 2 is 1.90 bits per heavy atom. The molecule has 0 saturated carbocycles. The molecule has 0 saturated heterocycles. The number of hydrogen-bond acceptors (Lipinski definition) is 4. The summed E-state index contributed by atoms with van der Waals surface area (Å²) < 4.78 is 5.95. The summed E-state index contributed by atoms with van der Waals surface area (Å²) in [6.07, 6.45) is 2.08. The fourth-order valence-electron chi connectivity index (χ4n) is 1.85. The van der Waals surface area contributed by atoms with E-state index in [1.165, 1.54) is 10.7 Å². The molecule has 3 nitrogen and oxygen atoms in total. The molecule has 0 aliphatic heterocycles. The van der Waals surface area contributed by atoms with Gasteiger partial charge in [-0.05, 0) is 33.7 Å². The highest BCUT2D eigenvalue weighted by Gasteiger charge is 2.20. The maximum atomic E-state index is 5.95. The van der Waals surface area contributed by atoms with Crippen molar-refractivity contribution in [1.82, 2.24) is 10.3 Å². The summed E-state index contributed by atoms with van der Waals surface area (Å²) >= 11 is 1.76. The zero-order chi connectivity index (χ0) is 16.1. The second kappa shape index (κ2) is 7.70. The predicted octanol–water partition coefficient (Wildman–Crippen LogP) is 4.17. The first-order chi connectivity index (χ1) is 9.62. The topological polar surface area (TPSA) is 34.1 Å². The molecule has 1 unspecified atom stereocenters. The normalized spacial score (nSPS) is 14.4.